The Morgan fingerprint density at radius 2 is 2.18 bits per heavy atom. The summed E-state index contributed by atoms with van der Waals surface area (Å²) in [5.41, 5.74) is 1.84. The molecule has 1 aromatic rings. The van der Waals surface area contributed by atoms with Gasteiger partial charge in [0.25, 0.3) is 0 Å². The minimum atomic E-state index is -0.361. The molecule has 0 fully saturated rings. The van der Waals surface area contributed by atoms with Crippen LogP contribution in [0.15, 0.2) is 23.1 Å². The molecule has 0 aliphatic carbocycles. The fraction of sp³-hybridized carbons (Fsp3) is 0.333. The molecule has 0 spiro atoms. The lowest BCUT2D eigenvalue weighted by Gasteiger charge is -2.02. The average molecular weight is 170 g/mol. The lowest BCUT2D eigenvalue weighted by atomic mass is 10.1. The predicted molar refractivity (Wildman–Crippen MR) is 47.8 cm³/mol. The summed E-state index contributed by atoms with van der Waals surface area (Å²) in [5.74, 6) is 0. The van der Waals surface area contributed by atoms with Crippen LogP contribution in [0.2, 0.25) is 0 Å². The molecule has 0 bridgehead atoms. The third-order valence-electron chi connectivity index (χ3n) is 1.69. The van der Waals surface area contributed by atoms with Gasteiger partial charge in [-0.25, -0.2) is 4.39 Å². The SMILES string of the molecule is CSc1ccc(CF)c(C)c1. The molecule has 60 valence electrons. The molecule has 0 aliphatic rings. The third-order valence-corrected chi connectivity index (χ3v) is 2.42. The first kappa shape index (κ1) is 8.60. The number of hydrogen-bond acceptors (Lipinski definition) is 1. The molecular formula is C9H11FS. The summed E-state index contributed by atoms with van der Waals surface area (Å²) in [6.45, 7) is 1.58. The first-order valence-corrected chi connectivity index (χ1v) is 4.70. The molecule has 0 saturated carbocycles. The van der Waals surface area contributed by atoms with Crippen LogP contribution in [0.25, 0.3) is 0 Å². The smallest absolute Gasteiger partial charge is 0.115 e. The van der Waals surface area contributed by atoms with E-state index >= 15 is 0 Å². The van der Waals surface area contributed by atoms with E-state index in [2.05, 4.69) is 0 Å². The summed E-state index contributed by atoms with van der Waals surface area (Å²) >= 11 is 1.68. The van der Waals surface area contributed by atoms with Crippen LogP contribution in [-0.4, -0.2) is 6.26 Å². The normalized spacial score (nSPS) is 10.1. The molecule has 0 aliphatic heterocycles. The zero-order chi connectivity index (χ0) is 8.27. The molecule has 0 aromatic heterocycles. The van der Waals surface area contributed by atoms with Gasteiger partial charge in [0.2, 0.25) is 0 Å². The summed E-state index contributed by atoms with van der Waals surface area (Å²) in [6.07, 6.45) is 2.02. The highest BCUT2D eigenvalue weighted by atomic mass is 32.2. The van der Waals surface area contributed by atoms with E-state index in [4.69, 9.17) is 0 Å². The Morgan fingerprint density at radius 1 is 1.45 bits per heavy atom. The van der Waals surface area contributed by atoms with Gasteiger partial charge in [0.05, 0.1) is 0 Å². The van der Waals surface area contributed by atoms with E-state index in [0.717, 1.165) is 11.1 Å². The highest BCUT2D eigenvalue weighted by molar-refractivity contribution is 7.98. The van der Waals surface area contributed by atoms with Crippen molar-refractivity contribution in [1.29, 1.82) is 0 Å². The van der Waals surface area contributed by atoms with Crippen LogP contribution in [0.5, 0.6) is 0 Å². The first-order chi connectivity index (χ1) is 5.27. The van der Waals surface area contributed by atoms with Gasteiger partial charge >= 0.3 is 0 Å². The Bertz CT molecular complexity index is 245. The summed E-state index contributed by atoms with van der Waals surface area (Å²) in [7, 11) is 0. The van der Waals surface area contributed by atoms with Crippen LogP contribution in [0, 0.1) is 6.92 Å². The van der Waals surface area contributed by atoms with Crippen LogP contribution in [0.4, 0.5) is 4.39 Å². The van der Waals surface area contributed by atoms with Crippen LogP contribution in [0.3, 0.4) is 0 Å². The predicted octanol–water partition coefficient (Wildman–Crippen LogP) is 3.19. The Balaban J connectivity index is 2.99. The van der Waals surface area contributed by atoms with Crippen molar-refractivity contribution >= 4 is 11.8 Å². The van der Waals surface area contributed by atoms with E-state index in [0.29, 0.717) is 0 Å². The number of thioether (sulfide) groups is 1. The minimum Gasteiger partial charge on any atom is -0.246 e. The Morgan fingerprint density at radius 3 is 2.64 bits per heavy atom. The van der Waals surface area contributed by atoms with Gasteiger partial charge in [-0.2, -0.15) is 0 Å². The molecule has 2 heteroatoms. The maximum atomic E-state index is 12.2. The Labute approximate surface area is 70.8 Å². The van der Waals surface area contributed by atoms with Crippen molar-refractivity contribution in [3.8, 4) is 0 Å². The van der Waals surface area contributed by atoms with Gasteiger partial charge in [-0.3, -0.25) is 0 Å². The Kier molecular flexibility index (Phi) is 2.94. The van der Waals surface area contributed by atoms with E-state index in [1.165, 1.54) is 4.90 Å². The summed E-state index contributed by atoms with van der Waals surface area (Å²) in [4.78, 5) is 1.19. The average Bonchev–Trinajstić information content (AvgIpc) is 2.04. The molecule has 0 atom stereocenters. The second-order valence-corrected chi connectivity index (χ2v) is 3.31. The van der Waals surface area contributed by atoms with Crippen molar-refractivity contribution in [1.82, 2.24) is 0 Å². The number of hydrogen-bond donors (Lipinski definition) is 0. The van der Waals surface area contributed by atoms with Crippen LogP contribution >= 0.6 is 11.8 Å². The number of benzene rings is 1. The van der Waals surface area contributed by atoms with E-state index in [1.807, 2.05) is 31.4 Å². The zero-order valence-corrected chi connectivity index (χ0v) is 7.54. The monoisotopic (exact) mass is 170 g/mol. The molecule has 0 nitrogen and oxygen atoms in total. The van der Waals surface area contributed by atoms with Crippen molar-refractivity contribution in [3.63, 3.8) is 0 Å². The van der Waals surface area contributed by atoms with Crippen molar-refractivity contribution in [3.05, 3.63) is 29.3 Å². The highest BCUT2D eigenvalue weighted by Gasteiger charge is 1.97. The molecule has 0 amide bonds. The lowest BCUT2D eigenvalue weighted by molar-refractivity contribution is 0.483. The lowest BCUT2D eigenvalue weighted by Crippen LogP contribution is -1.84. The largest absolute Gasteiger partial charge is 0.246 e. The van der Waals surface area contributed by atoms with Gasteiger partial charge in [-0.1, -0.05) is 6.07 Å². The Hall–Kier alpha value is -0.500. The highest BCUT2D eigenvalue weighted by Crippen LogP contribution is 2.19. The summed E-state index contributed by atoms with van der Waals surface area (Å²) in [5, 5.41) is 0. The first-order valence-electron chi connectivity index (χ1n) is 3.47. The molecule has 1 rings (SSSR count). The van der Waals surface area contributed by atoms with Crippen LogP contribution < -0.4 is 0 Å². The van der Waals surface area contributed by atoms with Gasteiger partial charge < -0.3 is 0 Å². The van der Waals surface area contributed by atoms with Gasteiger partial charge in [-0.15, -0.1) is 11.8 Å². The number of halogens is 1. The van der Waals surface area contributed by atoms with Crippen LogP contribution in [-0.2, 0) is 6.67 Å². The molecule has 11 heavy (non-hydrogen) atoms. The molecule has 1 aromatic carbocycles. The molecule has 0 heterocycles. The van der Waals surface area contributed by atoms with Crippen molar-refractivity contribution in [2.24, 2.45) is 0 Å². The molecule has 0 N–H and O–H groups in total. The summed E-state index contributed by atoms with van der Waals surface area (Å²) in [6, 6.07) is 5.81. The zero-order valence-electron chi connectivity index (χ0n) is 6.73. The molecule has 0 saturated heterocycles. The van der Waals surface area contributed by atoms with Crippen molar-refractivity contribution in [2.45, 2.75) is 18.5 Å². The fourth-order valence-corrected chi connectivity index (χ4v) is 1.44. The van der Waals surface area contributed by atoms with Gasteiger partial charge in [-0.05, 0) is 36.4 Å². The van der Waals surface area contributed by atoms with Gasteiger partial charge in [0, 0.05) is 4.90 Å². The van der Waals surface area contributed by atoms with Crippen LogP contribution in [0.1, 0.15) is 11.1 Å². The maximum absolute atomic E-state index is 12.2. The minimum absolute atomic E-state index is 0.361. The van der Waals surface area contributed by atoms with Crippen molar-refractivity contribution < 1.29 is 4.39 Å². The maximum Gasteiger partial charge on any atom is 0.115 e. The quantitative estimate of drug-likeness (QED) is 0.614. The molecular weight excluding hydrogens is 159 g/mol. The van der Waals surface area contributed by atoms with E-state index in [-0.39, 0.29) is 6.67 Å². The summed E-state index contributed by atoms with van der Waals surface area (Å²) < 4.78 is 12.2. The third kappa shape index (κ3) is 1.96. The fourth-order valence-electron chi connectivity index (χ4n) is 0.945. The van der Waals surface area contributed by atoms with E-state index in [1.54, 1.807) is 11.8 Å². The second-order valence-electron chi connectivity index (χ2n) is 2.43. The number of aryl methyl sites for hydroxylation is 1. The van der Waals surface area contributed by atoms with Gasteiger partial charge in [0.15, 0.2) is 0 Å². The topological polar surface area (TPSA) is 0 Å². The second kappa shape index (κ2) is 3.77. The molecule has 0 radical (unpaired) electrons. The standard InChI is InChI=1S/C9H11FS/c1-7-5-9(11-2)4-3-8(7)6-10/h3-5H,6H2,1-2H3. The number of rotatable bonds is 2. The van der Waals surface area contributed by atoms with E-state index in [9.17, 15) is 4.39 Å². The van der Waals surface area contributed by atoms with Crippen molar-refractivity contribution in [2.75, 3.05) is 6.26 Å². The number of alkyl halides is 1. The van der Waals surface area contributed by atoms with E-state index < -0.39 is 0 Å². The van der Waals surface area contributed by atoms with Gasteiger partial charge in [0.1, 0.15) is 6.67 Å². The molecule has 0 unspecified atom stereocenters.